The number of rotatable bonds is 7. The van der Waals surface area contributed by atoms with Crippen LogP contribution in [0.15, 0.2) is 17.9 Å². The lowest BCUT2D eigenvalue weighted by Gasteiger charge is -2.17. The molecule has 0 aliphatic heterocycles. The number of hydrogen-bond acceptors (Lipinski definition) is 4. The summed E-state index contributed by atoms with van der Waals surface area (Å²) in [4.78, 5) is 21.7. The summed E-state index contributed by atoms with van der Waals surface area (Å²) in [5, 5.41) is 3.11. The monoisotopic (exact) mass is 318 g/mol. The van der Waals surface area contributed by atoms with Gasteiger partial charge in [0.25, 0.3) is 0 Å². The molecule has 0 spiro atoms. The van der Waals surface area contributed by atoms with Gasteiger partial charge in [0, 0.05) is 42.2 Å². The van der Waals surface area contributed by atoms with Crippen molar-refractivity contribution >= 4 is 17.2 Å². The second-order valence-electron chi connectivity index (χ2n) is 6.24. The minimum atomic E-state index is 0.140. The number of nitrogens with one attached hydrogen (secondary N) is 1. The Morgan fingerprint density at radius 1 is 1.41 bits per heavy atom. The molecule has 2 heterocycles. The molecule has 1 aliphatic carbocycles. The molecular weight excluding hydrogens is 296 g/mol. The summed E-state index contributed by atoms with van der Waals surface area (Å²) in [6, 6.07) is 0. The number of imidazole rings is 1. The maximum Gasteiger partial charge on any atom is 0.220 e. The molecule has 2 aromatic heterocycles. The number of amides is 1. The van der Waals surface area contributed by atoms with E-state index in [2.05, 4.69) is 19.9 Å². The van der Waals surface area contributed by atoms with Gasteiger partial charge in [-0.05, 0) is 33.1 Å². The van der Waals surface area contributed by atoms with Crippen molar-refractivity contribution in [3.05, 3.63) is 34.3 Å². The summed E-state index contributed by atoms with van der Waals surface area (Å²) in [6.45, 7) is 5.74. The van der Waals surface area contributed by atoms with Crippen LogP contribution in [0, 0.1) is 19.3 Å². The highest BCUT2D eigenvalue weighted by molar-refractivity contribution is 7.09. The number of carbonyl (C=O) groups excluding carboxylic acids is 1. The average molecular weight is 318 g/mol. The SMILES string of the molecule is Cc1ncsc1CCC(=O)NCC1(Cn2ccnc2C)CC1. The van der Waals surface area contributed by atoms with Crippen LogP contribution < -0.4 is 5.32 Å². The van der Waals surface area contributed by atoms with Crippen LogP contribution in [-0.2, 0) is 17.8 Å². The van der Waals surface area contributed by atoms with Gasteiger partial charge >= 0.3 is 0 Å². The number of hydrogen-bond donors (Lipinski definition) is 1. The first-order valence-electron chi connectivity index (χ1n) is 7.71. The molecular formula is C16H22N4OS. The summed E-state index contributed by atoms with van der Waals surface area (Å²) in [5.41, 5.74) is 3.13. The molecule has 118 valence electrons. The maximum absolute atomic E-state index is 12.0. The Morgan fingerprint density at radius 3 is 2.82 bits per heavy atom. The van der Waals surface area contributed by atoms with Gasteiger partial charge in [0.2, 0.25) is 5.91 Å². The fourth-order valence-electron chi connectivity index (χ4n) is 2.67. The zero-order chi connectivity index (χ0) is 15.6. The summed E-state index contributed by atoms with van der Waals surface area (Å²) in [6.07, 6.45) is 7.54. The Kier molecular flexibility index (Phi) is 4.29. The first-order valence-corrected chi connectivity index (χ1v) is 8.59. The molecule has 1 saturated carbocycles. The van der Waals surface area contributed by atoms with Crippen molar-refractivity contribution in [1.82, 2.24) is 19.9 Å². The smallest absolute Gasteiger partial charge is 0.220 e. The molecule has 0 atom stereocenters. The molecule has 5 nitrogen and oxygen atoms in total. The molecule has 0 aromatic carbocycles. The van der Waals surface area contributed by atoms with Crippen molar-refractivity contribution in [2.45, 2.75) is 46.1 Å². The minimum Gasteiger partial charge on any atom is -0.355 e. The van der Waals surface area contributed by atoms with Gasteiger partial charge in [0.05, 0.1) is 11.2 Å². The van der Waals surface area contributed by atoms with Gasteiger partial charge in [-0.15, -0.1) is 11.3 Å². The predicted molar refractivity (Wildman–Crippen MR) is 86.8 cm³/mol. The van der Waals surface area contributed by atoms with Gasteiger partial charge in [0.15, 0.2) is 0 Å². The van der Waals surface area contributed by atoms with Crippen LogP contribution in [0.4, 0.5) is 0 Å². The topological polar surface area (TPSA) is 59.8 Å². The van der Waals surface area contributed by atoms with Crippen LogP contribution in [0.25, 0.3) is 0 Å². The van der Waals surface area contributed by atoms with E-state index in [0.29, 0.717) is 6.42 Å². The van der Waals surface area contributed by atoms with Crippen molar-refractivity contribution in [3.8, 4) is 0 Å². The fraction of sp³-hybridized carbons (Fsp3) is 0.562. The van der Waals surface area contributed by atoms with Gasteiger partial charge < -0.3 is 9.88 Å². The largest absolute Gasteiger partial charge is 0.355 e. The molecule has 1 N–H and O–H groups in total. The van der Waals surface area contributed by atoms with Crippen LogP contribution in [0.1, 0.15) is 35.7 Å². The predicted octanol–water partition coefficient (Wildman–Crippen LogP) is 2.49. The zero-order valence-electron chi connectivity index (χ0n) is 13.1. The van der Waals surface area contributed by atoms with E-state index >= 15 is 0 Å². The van der Waals surface area contributed by atoms with Crippen molar-refractivity contribution in [3.63, 3.8) is 0 Å². The third-order valence-corrected chi connectivity index (χ3v) is 5.47. The normalized spacial score (nSPS) is 15.7. The highest BCUT2D eigenvalue weighted by atomic mass is 32.1. The number of carbonyl (C=O) groups is 1. The standard InChI is InChI=1S/C16H22N4OS/c1-12-14(22-11-19-12)3-4-15(21)18-9-16(5-6-16)10-20-8-7-17-13(20)2/h7-8,11H,3-6,9-10H2,1-2H3,(H,18,21). The van der Waals surface area contributed by atoms with Crippen LogP contribution in [-0.4, -0.2) is 27.0 Å². The number of thiazole rings is 1. The Morgan fingerprint density at radius 2 is 2.23 bits per heavy atom. The van der Waals surface area contributed by atoms with Crippen LogP contribution in [0.3, 0.4) is 0 Å². The highest BCUT2D eigenvalue weighted by Gasteiger charge is 2.43. The fourth-order valence-corrected chi connectivity index (χ4v) is 3.45. The second kappa shape index (κ2) is 6.20. The van der Waals surface area contributed by atoms with Gasteiger partial charge in [-0.1, -0.05) is 0 Å². The Labute approximate surface area is 134 Å². The number of aryl methyl sites for hydroxylation is 3. The Bertz CT molecular complexity index is 657. The molecule has 22 heavy (non-hydrogen) atoms. The molecule has 1 aliphatic rings. The summed E-state index contributed by atoms with van der Waals surface area (Å²) >= 11 is 1.63. The van der Waals surface area contributed by atoms with E-state index in [1.165, 1.54) is 17.7 Å². The quantitative estimate of drug-likeness (QED) is 0.853. The highest BCUT2D eigenvalue weighted by Crippen LogP contribution is 2.46. The lowest BCUT2D eigenvalue weighted by Crippen LogP contribution is -2.32. The molecule has 1 amide bonds. The molecule has 2 aromatic rings. The van der Waals surface area contributed by atoms with Crippen molar-refractivity contribution < 1.29 is 4.79 Å². The first-order chi connectivity index (χ1) is 10.6. The lowest BCUT2D eigenvalue weighted by molar-refractivity contribution is -0.121. The van der Waals surface area contributed by atoms with E-state index < -0.39 is 0 Å². The van der Waals surface area contributed by atoms with Crippen molar-refractivity contribution in [2.24, 2.45) is 5.41 Å². The van der Waals surface area contributed by atoms with Gasteiger partial charge in [-0.25, -0.2) is 9.97 Å². The van der Waals surface area contributed by atoms with Gasteiger partial charge in [0.1, 0.15) is 5.82 Å². The summed E-state index contributed by atoms with van der Waals surface area (Å²) in [7, 11) is 0. The molecule has 6 heteroatoms. The van der Waals surface area contributed by atoms with Crippen LogP contribution in [0.2, 0.25) is 0 Å². The molecule has 1 fully saturated rings. The van der Waals surface area contributed by atoms with E-state index in [0.717, 1.165) is 31.0 Å². The van der Waals surface area contributed by atoms with E-state index in [1.807, 2.05) is 31.8 Å². The maximum atomic E-state index is 12.0. The van der Waals surface area contributed by atoms with Crippen LogP contribution in [0.5, 0.6) is 0 Å². The molecule has 0 saturated heterocycles. The molecule has 3 rings (SSSR count). The van der Waals surface area contributed by atoms with Crippen molar-refractivity contribution in [1.29, 1.82) is 0 Å². The Balaban J connectivity index is 1.45. The minimum absolute atomic E-state index is 0.140. The molecule has 0 radical (unpaired) electrons. The first kappa shape index (κ1) is 15.2. The second-order valence-corrected chi connectivity index (χ2v) is 7.18. The average Bonchev–Trinajstić information content (AvgIpc) is 2.96. The molecule has 0 bridgehead atoms. The lowest BCUT2D eigenvalue weighted by atomic mass is 10.1. The van der Waals surface area contributed by atoms with E-state index in [1.54, 1.807) is 11.3 Å². The number of aromatic nitrogens is 3. The molecule has 0 unspecified atom stereocenters. The van der Waals surface area contributed by atoms with Crippen molar-refractivity contribution in [2.75, 3.05) is 6.54 Å². The Hall–Kier alpha value is -1.69. The third kappa shape index (κ3) is 3.55. The zero-order valence-corrected chi connectivity index (χ0v) is 13.9. The number of nitrogens with zero attached hydrogens (tertiary/aromatic N) is 3. The van der Waals surface area contributed by atoms with Gasteiger partial charge in [-0.3, -0.25) is 4.79 Å². The third-order valence-electron chi connectivity index (χ3n) is 4.47. The van der Waals surface area contributed by atoms with E-state index in [9.17, 15) is 4.79 Å². The van der Waals surface area contributed by atoms with E-state index in [-0.39, 0.29) is 11.3 Å². The van der Waals surface area contributed by atoms with Gasteiger partial charge in [-0.2, -0.15) is 0 Å². The summed E-state index contributed by atoms with van der Waals surface area (Å²) in [5.74, 6) is 1.18. The van der Waals surface area contributed by atoms with E-state index in [4.69, 9.17) is 0 Å². The summed E-state index contributed by atoms with van der Waals surface area (Å²) < 4.78 is 2.18. The van der Waals surface area contributed by atoms with Crippen LogP contribution >= 0.6 is 11.3 Å².